The minimum Gasteiger partial charge on any atom is -0.347 e. The van der Waals surface area contributed by atoms with Crippen LogP contribution < -0.4 is 0 Å². The van der Waals surface area contributed by atoms with Gasteiger partial charge in [0.25, 0.3) is 0 Å². The SMILES string of the molecule is CC(=O)CC1CCCc2c1c1c(C)cccc1n2C. The Kier molecular flexibility index (Phi) is 2.96. The number of Topliss-reactive ketones (excluding diaryl/α,β-unsaturated/α-hetero) is 1. The standard InChI is InChI=1S/C17H21NO/c1-11-6-4-8-14-16(11)17-13(10-12(2)19)7-5-9-15(17)18(14)3/h4,6,8,13H,5,7,9-10H2,1-3H3. The summed E-state index contributed by atoms with van der Waals surface area (Å²) in [6.45, 7) is 3.90. The Hall–Kier alpha value is -1.57. The summed E-state index contributed by atoms with van der Waals surface area (Å²) < 4.78 is 2.34. The first-order valence-electron chi connectivity index (χ1n) is 7.15. The molecule has 1 atom stereocenters. The predicted octanol–water partition coefficient (Wildman–Crippen LogP) is 3.89. The molecular weight excluding hydrogens is 234 g/mol. The lowest BCUT2D eigenvalue weighted by Gasteiger charge is -2.23. The highest BCUT2D eigenvalue weighted by molar-refractivity contribution is 5.90. The van der Waals surface area contributed by atoms with E-state index in [1.807, 2.05) is 0 Å². The molecule has 0 bridgehead atoms. The highest BCUT2D eigenvalue weighted by atomic mass is 16.1. The van der Waals surface area contributed by atoms with Gasteiger partial charge in [-0.3, -0.25) is 0 Å². The summed E-state index contributed by atoms with van der Waals surface area (Å²) >= 11 is 0. The van der Waals surface area contributed by atoms with E-state index in [-0.39, 0.29) is 0 Å². The van der Waals surface area contributed by atoms with Crippen LogP contribution in [0.3, 0.4) is 0 Å². The number of rotatable bonds is 2. The fourth-order valence-corrected chi connectivity index (χ4v) is 3.71. The normalized spacial score (nSPS) is 18.6. The van der Waals surface area contributed by atoms with E-state index in [1.54, 1.807) is 6.92 Å². The number of aromatic nitrogens is 1. The lowest BCUT2D eigenvalue weighted by Crippen LogP contribution is -2.13. The molecule has 0 saturated carbocycles. The van der Waals surface area contributed by atoms with Crippen molar-refractivity contribution in [3.8, 4) is 0 Å². The summed E-state index contributed by atoms with van der Waals surface area (Å²) in [6, 6.07) is 6.51. The van der Waals surface area contributed by atoms with Gasteiger partial charge in [-0.1, -0.05) is 12.1 Å². The third-order valence-corrected chi connectivity index (χ3v) is 4.51. The van der Waals surface area contributed by atoms with Gasteiger partial charge in [-0.25, -0.2) is 0 Å². The number of carbonyl (C=O) groups is 1. The maximum absolute atomic E-state index is 11.5. The Morgan fingerprint density at radius 2 is 2.21 bits per heavy atom. The smallest absolute Gasteiger partial charge is 0.130 e. The summed E-state index contributed by atoms with van der Waals surface area (Å²) in [7, 11) is 2.16. The molecule has 0 N–H and O–H groups in total. The van der Waals surface area contributed by atoms with Gasteiger partial charge in [-0.05, 0) is 56.2 Å². The number of aryl methyl sites for hydroxylation is 2. The van der Waals surface area contributed by atoms with E-state index in [9.17, 15) is 4.79 Å². The van der Waals surface area contributed by atoms with Crippen molar-refractivity contribution in [2.75, 3.05) is 0 Å². The van der Waals surface area contributed by atoms with Crippen LogP contribution in [0.25, 0.3) is 10.9 Å². The number of fused-ring (bicyclic) bond motifs is 3. The Labute approximate surface area is 114 Å². The van der Waals surface area contributed by atoms with E-state index in [2.05, 4.69) is 36.7 Å². The molecule has 1 aliphatic carbocycles. The molecule has 19 heavy (non-hydrogen) atoms. The Balaban J connectivity index is 2.27. The van der Waals surface area contributed by atoms with Crippen LogP contribution in [-0.4, -0.2) is 10.4 Å². The maximum Gasteiger partial charge on any atom is 0.130 e. The van der Waals surface area contributed by atoms with Gasteiger partial charge in [-0.15, -0.1) is 0 Å². The average Bonchev–Trinajstić information content (AvgIpc) is 2.66. The predicted molar refractivity (Wildman–Crippen MR) is 78.6 cm³/mol. The molecule has 0 aliphatic heterocycles. The van der Waals surface area contributed by atoms with Gasteiger partial charge in [0, 0.05) is 30.1 Å². The van der Waals surface area contributed by atoms with E-state index in [0.717, 1.165) is 12.8 Å². The fourth-order valence-electron chi connectivity index (χ4n) is 3.71. The number of benzene rings is 1. The van der Waals surface area contributed by atoms with Gasteiger partial charge >= 0.3 is 0 Å². The average molecular weight is 255 g/mol. The quantitative estimate of drug-likeness (QED) is 0.798. The van der Waals surface area contributed by atoms with E-state index in [0.29, 0.717) is 18.1 Å². The van der Waals surface area contributed by atoms with E-state index in [4.69, 9.17) is 0 Å². The molecule has 2 heteroatoms. The first-order chi connectivity index (χ1) is 9.09. The van der Waals surface area contributed by atoms with Crippen LogP contribution in [0.15, 0.2) is 18.2 Å². The third-order valence-electron chi connectivity index (χ3n) is 4.51. The maximum atomic E-state index is 11.5. The fraction of sp³-hybridized carbons (Fsp3) is 0.471. The van der Waals surface area contributed by atoms with E-state index >= 15 is 0 Å². The molecule has 0 amide bonds. The van der Waals surface area contributed by atoms with E-state index < -0.39 is 0 Å². The Morgan fingerprint density at radius 1 is 1.42 bits per heavy atom. The topological polar surface area (TPSA) is 22.0 Å². The molecule has 1 aliphatic rings. The molecule has 0 fully saturated rings. The second-order valence-electron chi connectivity index (χ2n) is 5.88. The van der Waals surface area contributed by atoms with Gasteiger partial charge in [0.2, 0.25) is 0 Å². The Bertz CT molecular complexity index is 651. The van der Waals surface area contributed by atoms with Crippen LogP contribution in [-0.2, 0) is 18.3 Å². The first-order valence-corrected chi connectivity index (χ1v) is 7.15. The minimum atomic E-state index is 0.309. The lowest BCUT2D eigenvalue weighted by molar-refractivity contribution is -0.117. The third kappa shape index (κ3) is 1.90. The highest BCUT2D eigenvalue weighted by Gasteiger charge is 2.27. The second kappa shape index (κ2) is 4.52. The molecule has 3 rings (SSSR count). The second-order valence-corrected chi connectivity index (χ2v) is 5.88. The summed E-state index contributed by atoms with van der Waals surface area (Å²) in [5, 5.41) is 1.39. The van der Waals surface area contributed by atoms with Gasteiger partial charge in [0.15, 0.2) is 0 Å². The van der Waals surface area contributed by atoms with Gasteiger partial charge in [0.05, 0.1) is 0 Å². The van der Waals surface area contributed by atoms with Crippen LogP contribution in [0.4, 0.5) is 0 Å². The molecule has 1 aromatic carbocycles. The van der Waals surface area contributed by atoms with Crippen LogP contribution in [0.2, 0.25) is 0 Å². The van der Waals surface area contributed by atoms with Crippen molar-refractivity contribution in [2.24, 2.45) is 7.05 Å². The summed E-state index contributed by atoms with van der Waals surface area (Å²) in [5.74, 6) is 0.731. The van der Waals surface area contributed by atoms with Crippen LogP contribution in [0.1, 0.15) is 48.9 Å². The molecule has 100 valence electrons. The van der Waals surface area contributed by atoms with Gasteiger partial charge in [-0.2, -0.15) is 0 Å². The molecular formula is C17H21NO. The molecule has 0 radical (unpaired) electrons. The highest BCUT2D eigenvalue weighted by Crippen LogP contribution is 2.41. The zero-order chi connectivity index (χ0) is 13.6. The number of ketones is 1. The number of carbonyl (C=O) groups excluding carboxylic acids is 1. The van der Waals surface area contributed by atoms with Crippen molar-refractivity contribution >= 4 is 16.7 Å². The van der Waals surface area contributed by atoms with Gasteiger partial charge in [0.1, 0.15) is 5.78 Å². The zero-order valence-corrected chi connectivity index (χ0v) is 12.0. The van der Waals surface area contributed by atoms with Crippen molar-refractivity contribution in [1.29, 1.82) is 0 Å². The van der Waals surface area contributed by atoms with Crippen molar-refractivity contribution < 1.29 is 4.79 Å². The number of hydrogen-bond acceptors (Lipinski definition) is 1. The van der Waals surface area contributed by atoms with Crippen molar-refractivity contribution in [1.82, 2.24) is 4.57 Å². The van der Waals surface area contributed by atoms with Gasteiger partial charge < -0.3 is 9.36 Å². The first kappa shape index (κ1) is 12.5. The van der Waals surface area contributed by atoms with E-state index in [1.165, 1.54) is 34.1 Å². The monoisotopic (exact) mass is 255 g/mol. The van der Waals surface area contributed by atoms with Crippen molar-refractivity contribution in [2.45, 2.75) is 45.4 Å². The molecule has 2 aromatic rings. The molecule has 0 saturated heterocycles. The number of nitrogens with zero attached hydrogens (tertiary/aromatic N) is 1. The van der Waals surface area contributed by atoms with Crippen LogP contribution in [0.5, 0.6) is 0 Å². The number of hydrogen-bond donors (Lipinski definition) is 0. The summed E-state index contributed by atoms with van der Waals surface area (Å²) in [5.41, 5.74) is 5.56. The molecule has 0 spiro atoms. The summed E-state index contributed by atoms with van der Waals surface area (Å²) in [6.07, 6.45) is 4.20. The summed E-state index contributed by atoms with van der Waals surface area (Å²) in [4.78, 5) is 11.5. The molecule has 1 aromatic heterocycles. The van der Waals surface area contributed by atoms with Crippen molar-refractivity contribution in [3.63, 3.8) is 0 Å². The Morgan fingerprint density at radius 3 is 2.95 bits per heavy atom. The minimum absolute atomic E-state index is 0.309. The molecule has 1 unspecified atom stereocenters. The lowest BCUT2D eigenvalue weighted by atomic mass is 9.81. The van der Waals surface area contributed by atoms with Crippen molar-refractivity contribution in [3.05, 3.63) is 35.0 Å². The van der Waals surface area contributed by atoms with Crippen LogP contribution in [0, 0.1) is 6.92 Å². The molecule has 1 heterocycles. The zero-order valence-electron chi connectivity index (χ0n) is 12.0. The largest absolute Gasteiger partial charge is 0.347 e. The van der Waals surface area contributed by atoms with Crippen LogP contribution >= 0.6 is 0 Å². The molecule has 2 nitrogen and oxygen atoms in total.